The van der Waals surface area contributed by atoms with Gasteiger partial charge in [-0.1, -0.05) is 0 Å². The lowest BCUT2D eigenvalue weighted by atomic mass is 10.4. The van der Waals surface area contributed by atoms with E-state index in [1.807, 2.05) is 19.0 Å². The van der Waals surface area contributed by atoms with Gasteiger partial charge in [0.1, 0.15) is 5.56 Å². The molecule has 20 heavy (non-hydrogen) atoms. The third kappa shape index (κ3) is 4.58. The fourth-order valence-electron chi connectivity index (χ4n) is 1.51. The molecule has 0 spiro atoms. The van der Waals surface area contributed by atoms with E-state index < -0.39 is 16.0 Å². The maximum absolute atomic E-state index is 12.1. The molecule has 1 heterocycles. The molecule has 0 atom stereocenters. The Balaban J connectivity index is 2.73. The quantitative estimate of drug-likeness (QED) is 0.510. The molecule has 114 valence electrons. The molecule has 0 saturated heterocycles. The number of hydrogen-bond donors (Lipinski definition) is 2. The van der Waals surface area contributed by atoms with Crippen molar-refractivity contribution in [3.63, 3.8) is 0 Å². The van der Waals surface area contributed by atoms with Gasteiger partial charge in [-0.3, -0.25) is 5.10 Å². The monoisotopic (exact) mass is 304 g/mol. The maximum Gasteiger partial charge on any atom is 0.342 e. The summed E-state index contributed by atoms with van der Waals surface area (Å²) in [5, 5.41) is 5.66. The summed E-state index contributed by atoms with van der Waals surface area (Å²) < 4.78 is 31.3. The summed E-state index contributed by atoms with van der Waals surface area (Å²) in [4.78, 5) is 13.6. The van der Waals surface area contributed by atoms with Crippen LogP contribution in [0.5, 0.6) is 0 Å². The molecule has 0 bridgehead atoms. The van der Waals surface area contributed by atoms with E-state index >= 15 is 0 Å². The van der Waals surface area contributed by atoms with Gasteiger partial charge in [-0.05, 0) is 34.0 Å². The molecule has 9 heteroatoms. The third-order valence-corrected chi connectivity index (χ3v) is 3.88. The molecule has 0 aliphatic rings. The van der Waals surface area contributed by atoms with Crippen molar-refractivity contribution in [2.75, 3.05) is 33.8 Å². The Bertz CT molecular complexity index is 538. The number of carbonyl (C=O) groups is 1. The van der Waals surface area contributed by atoms with Crippen LogP contribution in [0.25, 0.3) is 0 Å². The Kier molecular flexibility index (Phi) is 6.11. The number of sulfonamides is 1. The largest absolute Gasteiger partial charge is 0.462 e. The highest BCUT2D eigenvalue weighted by Crippen LogP contribution is 2.12. The first kappa shape index (κ1) is 16.6. The number of H-pyrrole nitrogens is 1. The normalized spacial score (nSPS) is 11.8. The van der Waals surface area contributed by atoms with E-state index in [2.05, 4.69) is 14.9 Å². The van der Waals surface area contributed by atoms with Crippen LogP contribution < -0.4 is 4.72 Å². The smallest absolute Gasteiger partial charge is 0.342 e. The number of carbonyl (C=O) groups excluding carboxylic acids is 1. The fourth-order valence-corrected chi connectivity index (χ4v) is 2.66. The highest BCUT2D eigenvalue weighted by molar-refractivity contribution is 7.89. The Morgan fingerprint density at radius 3 is 2.80 bits per heavy atom. The second-order valence-corrected chi connectivity index (χ2v) is 6.09. The molecule has 0 fully saturated rings. The van der Waals surface area contributed by atoms with Gasteiger partial charge in [0.05, 0.1) is 12.8 Å². The van der Waals surface area contributed by atoms with Crippen molar-refractivity contribution in [2.45, 2.75) is 18.4 Å². The SMILES string of the molecule is CCOC(=O)c1cn[nH]c1S(=O)(=O)NCCCN(C)C. The molecule has 0 saturated carbocycles. The van der Waals surface area contributed by atoms with Gasteiger partial charge in [-0.2, -0.15) is 5.10 Å². The highest BCUT2D eigenvalue weighted by atomic mass is 32.2. The molecule has 0 aliphatic carbocycles. The minimum atomic E-state index is -3.80. The van der Waals surface area contributed by atoms with Crippen LogP contribution in [0.2, 0.25) is 0 Å². The summed E-state index contributed by atoms with van der Waals surface area (Å²) in [6.07, 6.45) is 1.81. The van der Waals surface area contributed by atoms with E-state index in [0.29, 0.717) is 6.42 Å². The first-order chi connectivity index (χ1) is 9.38. The first-order valence-electron chi connectivity index (χ1n) is 6.23. The van der Waals surface area contributed by atoms with Gasteiger partial charge in [0.15, 0.2) is 5.03 Å². The molecule has 0 radical (unpaired) electrons. The molecular formula is C11H20N4O4S. The standard InChI is InChI=1S/C11H20N4O4S/c1-4-19-11(16)9-8-12-14-10(9)20(17,18)13-6-5-7-15(2)3/h8,13H,4-7H2,1-3H3,(H,12,14). The second-order valence-electron chi connectivity index (χ2n) is 4.39. The van der Waals surface area contributed by atoms with E-state index in [4.69, 9.17) is 4.74 Å². The molecule has 0 aliphatic heterocycles. The fraction of sp³-hybridized carbons (Fsp3) is 0.636. The zero-order valence-electron chi connectivity index (χ0n) is 11.8. The van der Waals surface area contributed by atoms with Gasteiger partial charge in [0, 0.05) is 6.54 Å². The molecule has 1 rings (SSSR count). The highest BCUT2D eigenvalue weighted by Gasteiger charge is 2.25. The Morgan fingerprint density at radius 1 is 1.50 bits per heavy atom. The lowest BCUT2D eigenvalue weighted by Crippen LogP contribution is -2.28. The summed E-state index contributed by atoms with van der Waals surface area (Å²) in [6.45, 7) is 2.85. The number of rotatable bonds is 8. The van der Waals surface area contributed by atoms with E-state index in [1.165, 1.54) is 0 Å². The van der Waals surface area contributed by atoms with Crippen LogP contribution in [-0.2, 0) is 14.8 Å². The minimum Gasteiger partial charge on any atom is -0.462 e. The summed E-state index contributed by atoms with van der Waals surface area (Å²) >= 11 is 0. The summed E-state index contributed by atoms with van der Waals surface area (Å²) in [5.41, 5.74) is -0.0908. The van der Waals surface area contributed by atoms with E-state index in [9.17, 15) is 13.2 Å². The number of nitrogens with zero attached hydrogens (tertiary/aromatic N) is 2. The molecule has 0 aromatic carbocycles. The number of esters is 1. The van der Waals surface area contributed by atoms with Crippen molar-refractivity contribution >= 4 is 16.0 Å². The number of aromatic nitrogens is 2. The second kappa shape index (κ2) is 7.36. The lowest BCUT2D eigenvalue weighted by Gasteiger charge is -2.10. The average Bonchev–Trinajstić information content (AvgIpc) is 2.85. The van der Waals surface area contributed by atoms with Crippen LogP contribution in [0.4, 0.5) is 0 Å². The Hall–Kier alpha value is -1.45. The zero-order chi connectivity index (χ0) is 15.2. The van der Waals surface area contributed by atoms with Crippen molar-refractivity contribution < 1.29 is 17.9 Å². The Labute approximate surface area is 118 Å². The maximum atomic E-state index is 12.1. The van der Waals surface area contributed by atoms with Crippen LogP contribution in [-0.4, -0.2) is 63.3 Å². The van der Waals surface area contributed by atoms with Crippen LogP contribution in [0, 0.1) is 0 Å². The molecule has 0 unspecified atom stereocenters. The van der Waals surface area contributed by atoms with E-state index in [1.54, 1.807) is 6.92 Å². The topological polar surface area (TPSA) is 104 Å². The van der Waals surface area contributed by atoms with Crippen LogP contribution in [0.15, 0.2) is 11.2 Å². The summed E-state index contributed by atoms with van der Waals surface area (Å²) in [6, 6.07) is 0. The van der Waals surface area contributed by atoms with Crippen molar-refractivity contribution in [3.8, 4) is 0 Å². The lowest BCUT2D eigenvalue weighted by molar-refractivity contribution is 0.0522. The third-order valence-electron chi connectivity index (χ3n) is 2.44. The first-order valence-corrected chi connectivity index (χ1v) is 7.71. The zero-order valence-corrected chi connectivity index (χ0v) is 12.7. The molecular weight excluding hydrogens is 284 g/mol. The number of hydrogen-bond acceptors (Lipinski definition) is 6. The van der Waals surface area contributed by atoms with E-state index in [-0.39, 0.29) is 23.7 Å². The minimum absolute atomic E-state index is 0.0908. The molecule has 2 N–H and O–H groups in total. The molecule has 1 aromatic rings. The van der Waals surface area contributed by atoms with Crippen molar-refractivity contribution in [1.82, 2.24) is 19.8 Å². The van der Waals surface area contributed by atoms with Gasteiger partial charge in [0.2, 0.25) is 0 Å². The van der Waals surface area contributed by atoms with E-state index in [0.717, 1.165) is 12.7 Å². The molecule has 1 aromatic heterocycles. The van der Waals surface area contributed by atoms with Crippen LogP contribution in [0.1, 0.15) is 23.7 Å². The van der Waals surface area contributed by atoms with Gasteiger partial charge >= 0.3 is 5.97 Å². The van der Waals surface area contributed by atoms with Crippen LogP contribution >= 0.6 is 0 Å². The summed E-state index contributed by atoms with van der Waals surface area (Å²) in [7, 11) is 0.0137. The van der Waals surface area contributed by atoms with Gasteiger partial charge in [-0.15, -0.1) is 0 Å². The van der Waals surface area contributed by atoms with Gasteiger partial charge < -0.3 is 9.64 Å². The predicted molar refractivity (Wildman–Crippen MR) is 72.9 cm³/mol. The van der Waals surface area contributed by atoms with Gasteiger partial charge in [0.25, 0.3) is 10.0 Å². The number of nitrogens with one attached hydrogen (secondary N) is 2. The number of ether oxygens (including phenoxy) is 1. The average molecular weight is 304 g/mol. The molecule has 8 nitrogen and oxygen atoms in total. The predicted octanol–water partition coefficient (Wildman–Crippen LogP) is -0.184. The van der Waals surface area contributed by atoms with Gasteiger partial charge in [-0.25, -0.2) is 17.9 Å². The van der Waals surface area contributed by atoms with Crippen molar-refractivity contribution in [2.24, 2.45) is 0 Å². The molecule has 0 amide bonds. The van der Waals surface area contributed by atoms with Crippen molar-refractivity contribution in [3.05, 3.63) is 11.8 Å². The summed E-state index contributed by atoms with van der Waals surface area (Å²) in [5.74, 6) is -0.713. The Morgan fingerprint density at radius 2 is 2.20 bits per heavy atom. The van der Waals surface area contributed by atoms with Crippen molar-refractivity contribution in [1.29, 1.82) is 0 Å². The number of aromatic amines is 1. The van der Waals surface area contributed by atoms with Crippen LogP contribution in [0.3, 0.4) is 0 Å².